The third kappa shape index (κ3) is 5.47. The van der Waals surface area contributed by atoms with Crippen molar-refractivity contribution in [2.45, 2.75) is 12.2 Å². The highest BCUT2D eigenvalue weighted by Crippen LogP contribution is 2.20. The Kier molecular flexibility index (Phi) is 5.17. The molecular weight excluding hydrogens is 321 g/mol. The second kappa shape index (κ2) is 6.15. The molecule has 21 heavy (non-hydrogen) atoms. The molecule has 1 aliphatic rings. The van der Waals surface area contributed by atoms with Crippen LogP contribution in [0.2, 0.25) is 0 Å². The zero-order valence-electron chi connectivity index (χ0n) is 10.8. The number of esters is 1. The van der Waals surface area contributed by atoms with Crippen molar-refractivity contribution in [3.05, 3.63) is 0 Å². The van der Waals surface area contributed by atoms with Gasteiger partial charge in [-0.25, -0.2) is 9.59 Å². The van der Waals surface area contributed by atoms with Crippen molar-refractivity contribution in [1.82, 2.24) is 4.90 Å². The number of hydrogen-bond donors (Lipinski definition) is 1. The summed E-state index contributed by atoms with van der Waals surface area (Å²) in [6.45, 7) is -0.681. The summed E-state index contributed by atoms with van der Waals surface area (Å²) < 4.78 is 65.7. The van der Waals surface area contributed by atoms with E-state index in [2.05, 4.69) is 8.92 Å². The molecule has 0 aromatic carbocycles. The maximum Gasteiger partial charge on any atom is 0.491 e. The molecule has 0 aliphatic carbocycles. The van der Waals surface area contributed by atoms with Gasteiger partial charge in [0.1, 0.15) is 0 Å². The van der Waals surface area contributed by atoms with Crippen LogP contribution in [0, 0.1) is 5.92 Å². The summed E-state index contributed by atoms with van der Waals surface area (Å²) in [6.07, 6.45) is -5.95. The van der Waals surface area contributed by atoms with Gasteiger partial charge in [0.25, 0.3) is 10.1 Å². The highest BCUT2D eigenvalue weighted by Gasteiger charge is 2.44. The Morgan fingerprint density at radius 3 is 2.38 bits per heavy atom. The molecule has 2 N–H and O–H groups in total. The molecule has 1 aliphatic heterocycles. The van der Waals surface area contributed by atoms with Gasteiger partial charge in [0.15, 0.2) is 0 Å². The summed E-state index contributed by atoms with van der Waals surface area (Å²) in [7, 11) is -3.70. The third-order valence-corrected chi connectivity index (χ3v) is 3.22. The first kappa shape index (κ1) is 17.7. The summed E-state index contributed by atoms with van der Waals surface area (Å²) in [4.78, 5) is 22.7. The molecule has 2 atom stereocenters. The lowest BCUT2D eigenvalue weighted by Crippen LogP contribution is -2.37. The lowest BCUT2D eigenvalue weighted by molar-refractivity contribution is -0.193. The molecule has 0 spiro atoms. The van der Waals surface area contributed by atoms with Crippen LogP contribution in [0.3, 0.4) is 0 Å². The van der Waals surface area contributed by atoms with Gasteiger partial charge in [-0.3, -0.25) is 4.18 Å². The third-order valence-electron chi connectivity index (χ3n) is 2.66. The Balaban J connectivity index is 2.56. The fourth-order valence-electron chi connectivity index (χ4n) is 1.63. The predicted octanol–water partition coefficient (Wildman–Crippen LogP) is -0.553. The van der Waals surface area contributed by atoms with Gasteiger partial charge in [0, 0.05) is 25.0 Å². The van der Waals surface area contributed by atoms with Gasteiger partial charge in [0.05, 0.1) is 12.9 Å². The molecule has 1 saturated heterocycles. The standard InChI is InChI=1S/C9H13F3N2O6S/c1-21(17,18)19-4-5-2-14(3-6(5)13)8(16)20-7(15)9(10,11)12/h5-6H,2-4,13H2,1H3/t5-,6-/m1/s1. The first-order valence-electron chi connectivity index (χ1n) is 5.58. The van der Waals surface area contributed by atoms with Crippen LogP contribution in [0.5, 0.6) is 0 Å². The topological polar surface area (TPSA) is 116 Å². The van der Waals surface area contributed by atoms with Crippen molar-refractivity contribution in [2.75, 3.05) is 26.0 Å². The van der Waals surface area contributed by atoms with Gasteiger partial charge >= 0.3 is 18.2 Å². The minimum atomic E-state index is -5.28. The zero-order valence-corrected chi connectivity index (χ0v) is 11.6. The summed E-state index contributed by atoms with van der Waals surface area (Å²) in [5.74, 6) is -3.23. The Labute approximate surface area is 118 Å². The molecule has 0 bridgehead atoms. The van der Waals surface area contributed by atoms with E-state index in [-0.39, 0.29) is 19.7 Å². The molecular formula is C9H13F3N2O6S. The van der Waals surface area contributed by atoms with Crippen molar-refractivity contribution >= 4 is 22.2 Å². The van der Waals surface area contributed by atoms with Crippen LogP contribution in [-0.2, 0) is 23.8 Å². The average molecular weight is 334 g/mol. The molecule has 12 heteroatoms. The van der Waals surface area contributed by atoms with E-state index in [1.165, 1.54) is 0 Å². The first-order chi connectivity index (χ1) is 9.40. The van der Waals surface area contributed by atoms with E-state index < -0.39 is 40.3 Å². The number of ether oxygens (including phenoxy) is 1. The molecule has 0 radical (unpaired) electrons. The van der Waals surface area contributed by atoms with Crippen LogP contribution in [0.4, 0.5) is 18.0 Å². The Morgan fingerprint density at radius 2 is 1.90 bits per heavy atom. The molecule has 1 amide bonds. The van der Waals surface area contributed by atoms with E-state index in [1.807, 2.05) is 0 Å². The Morgan fingerprint density at radius 1 is 1.33 bits per heavy atom. The molecule has 1 heterocycles. The highest BCUT2D eigenvalue weighted by molar-refractivity contribution is 7.85. The fraction of sp³-hybridized carbons (Fsp3) is 0.778. The van der Waals surface area contributed by atoms with Crippen LogP contribution < -0.4 is 5.73 Å². The number of hydrogen-bond acceptors (Lipinski definition) is 7. The van der Waals surface area contributed by atoms with E-state index >= 15 is 0 Å². The van der Waals surface area contributed by atoms with Crippen molar-refractivity contribution in [2.24, 2.45) is 11.7 Å². The minimum Gasteiger partial charge on any atom is -0.369 e. The lowest BCUT2D eigenvalue weighted by atomic mass is 10.1. The molecule has 8 nitrogen and oxygen atoms in total. The number of carbonyl (C=O) groups excluding carboxylic acids is 2. The molecule has 1 fully saturated rings. The van der Waals surface area contributed by atoms with Crippen molar-refractivity contribution in [3.8, 4) is 0 Å². The maximum atomic E-state index is 11.9. The van der Waals surface area contributed by atoms with Gasteiger partial charge in [-0.2, -0.15) is 21.6 Å². The second-order valence-electron chi connectivity index (χ2n) is 4.47. The highest BCUT2D eigenvalue weighted by atomic mass is 32.2. The number of amides is 1. The van der Waals surface area contributed by atoms with E-state index in [0.717, 1.165) is 11.2 Å². The van der Waals surface area contributed by atoms with Crippen LogP contribution >= 0.6 is 0 Å². The number of rotatable bonds is 3. The summed E-state index contributed by atoms with van der Waals surface area (Å²) in [5, 5.41) is 0. The number of halogens is 3. The molecule has 1 rings (SSSR count). The number of alkyl halides is 3. The van der Waals surface area contributed by atoms with Gasteiger partial charge in [-0.05, 0) is 0 Å². The van der Waals surface area contributed by atoms with E-state index in [0.29, 0.717) is 0 Å². The minimum absolute atomic E-state index is 0.179. The van der Waals surface area contributed by atoms with Crippen LogP contribution in [-0.4, -0.2) is 63.6 Å². The molecule has 0 aromatic heterocycles. The number of carbonyl (C=O) groups is 2. The van der Waals surface area contributed by atoms with Crippen molar-refractivity contribution < 1.29 is 40.1 Å². The molecule has 0 saturated carbocycles. The Hall–Kier alpha value is -1.40. The van der Waals surface area contributed by atoms with Gasteiger partial charge < -0.3 is 15.4 Å². The monoisotopic (exact) mass is 334 g/mol. The van der Waals surface area contributed by atoms with Crippen molar-refractivity contribution in [3.63, 3.8) is 0 Å². The van der Waals surface area contributed by atoms with Crippen LogP contribution in [0.25, 0.3) is 0 Å². The average Bonchev–Trinajstić information content (AvgIpc) is 2.66. The zero-order chi connectivity index (χ0) is 16.4. The number of nitrogens with zero attached hydrogens (tertiary/aromatic N) is 1. The predicted molar refractivity (Wildman–Crippen MR) is 61.4 cm³/mol. The number of nitrogens with two attached hydrogens (primary N) is 1. The SMILES string of the molecule is CS(=O)(=O)OC[C@H]1CN(C(=O)OC(=O)C(F)(F)F)C[C@H]1N. The lowest BCUT2D eigenvalue weighted by Gasteiger charge is -2.15. The fourth-order valence-corrected chi connectivity index (χ4v) is 2.06. The smallest absolute Gasteiger partial charge is 0.369 e. The first-order valence-corrected chi connectivity index (χ1v) is 7.39. The number of likely N-dealkylation sites (tertiary alicyclic amines) is 1. The van der Waals surface area contributed by atoms with Crippen LogP contribution in [0.1, 0.15) is 0 Å². The van der Waals surface area contributed by atoms with E-state index in [1.54, 1.807) is 0 Å². The van der Waals surface area contributed by atoms with Crippen LogP contribution in [0.15, 0.2) is 0 Å². The van der Waals surface area contributed by atoms with E-state index in [9.17, 15) is 31.2 Å². The summed E-state index contributed by atoms with van der Waals surface area (Å²) >= 11 is 0. The summed E-state index contributed by atoms with van der Waals surface area (Å²) in [6, 6.07) is -0.708. The molecule has 0 unspecified atom stereocenters. The second-order valence-corrected chi connectivity index (χ2v) is 6.11. The van der Waals surface area contributed by atoms with Gasteiger partial charge in [0.2, 0.25) is 0 Å². The molecule has 0 aromatic rings. The van der Waals surface area contributed by atoms with E-state index in [4.69, 9.17) is 5.73 Å². The Bertz CT molecular complexity index is 520. The normalized spacial score (nSPS) is 23.2. The quantitative estimate of drug-likeness (QED) is 0.418. The molecule has 122 valence electrons. The largest absolute Gasteiger partial charge is 0.491 e. The summed E-state index contributed by atoms with van der Waals surface area (Å²) in [5.41, 5.74) is 5.62. The maximum absolute atomic E-state index is 11.9. The van der Waals surface area contributed by atoms with Gasteiger partial charge in [-0.15, -0.1) is 0 Å². The van der Waals surface area contributed by atoms with Gasteiger partial charge in [-0.1, -0.05) is 0 Å². The van der Waals surface area contributed by atoms with Crippen molar-refractivity contribution in [1.29, 1.82) is 0 Å².